The van der Waals surface area contributed by atoms with Crippen molar-refractivity contribution >= 4 is 17.1 Å². The summed E-state index contributed by atoms with van der Waals surface area (Å²) in [6.07, 6.45) is -8.01. The van der Waals surface area contributed by atoms with E-state index in [1.165, 1.54) is 30.3 Å². The third-order valence-corrected chi connectivity index (χ3v) is 5.25. The van der Waals surface area contributed by atoms with Crippen LogP contribution in [0, 0.1) is 11.8 Å². The zero-order valence-corrected chi connectivity index (χ0v) is 14.7. The average molecular weight is 404 g/mol. The molecule has 2 aromatic rings. The van der Waals surface area contributed by atoms with Gasteiger partial charge in [0.2, 0.25) is 0 Å². The lowest BCUT2D eigenvalue weighted by molar-refractivity contribution is -0.184. The van der Waals surface area contributed by atoms with Gasteiger partial charge in [-0.25, -0.2) is 0 Å². The van der Waals surface area contributed by atoms with E-state index in [0.717, 1.165) is 0 Å². The van der Waals surface area contributed by atoms with Crippen molar-refractivity contribution in [2.45, 2.75) is 38.0 Å². The lowest BCUT2D eigenvalue weighted by Crippen LogP contribution is -2.29. The van der Waals surface area contributed by atoms with E-state index in [-0.39, 0.29) is 60.3 Å². The third-order valence-electron chi connectivity index (χ3n) is 5.25. The molecule has 0 heterocycles. The van der Waals surface area contributed by atoms with Gasteiger partial charge in [-0.1, -0.05) is 18.2 Å². The van der Waals surface area contributed by atoms with Crippen LogP contribution in [0.5, 0.6) is 5.75 Å². The van der Waals surface area contributed by atoms with E-state index >= 15 is 0 Å². The number of carbonyl (C=O) groups is 1. The number of ether oxygens (including phenoxy) is 1. The van der Waals surface area contributed by atoms with Gasteiger partial charge in [0.25, 0.3) is 0 Å². The van der Waals surface area contributed by atoms with Gasteiger partial charge >= 0.3 is 12.4 Å². The van der Waals surface area contributed by atoms with Crippen molar-refractivity contribution in [3.05, 3.63) is 41.5 Å². The van der Waals surface area contributed by atoms with Gasteiger partial charge in [0.1, 0.15) is 11.3 Å². The molecule has 0 aliphatic heterocycles. The van der Waals surface area contributed by atoms with Crippen molar-refractivity contribution in [1.29, 1.82) is 0 Å². The third kappa shape index (κ3) is 4.25. The Morgan fingerprint density at radius 3 is 2.18 bits per heavy atom. The Hall–Kier alpha value is -2.25. The van der Waals surface area contributed by atoms with E-state index in [2.05, 4.69) is 0 Å². The minimum Gasteiger partial charge on any atom is -0.493 e. The first-order valence-corrected chi connectivity index (χ1v) is 8.89. The number of aldehydes is 1. The van der Waals surface area contributed by atoms with Crippen molar-refractivity contribution in [3.63, 3.8) is 0 Å². The maximum absolute atomic E-state index is 13.7. The summed E-state index contributed by atoms with van der Waals surface area (Å²) in [5.74, 6) is -1.95. The van der Waals surface area contributed by atoms with Gasteiger partial charge < -0.3 is 4.74 Å². The van der Waals surface area contributed by atoms with Crippen LogP contribution >= 0.6 is 0 Å². The molecule has 0 amide bonds. The van der Waals surface area contributed by atoms with Crippen LogP contribution in [0.2, 0.25) is 0 Å². The van der Waals surface area contributed by atoms with Crippen LogP contribution in [0.15, 0.2) is 30.3 Å². The number of fused-ring (bicyclic) bond motifs is 1. The number of hydrogen-bond acceptors (Lipinski definition) is 2. The molecule has 1 fully saturated rings. The van der Waals surface area contributed by atoms with E-state index < -0.39 is 23.8 Å². The summed E-state index contributed by atoms with van der Waals surface area (Å²) in [6.45, 7) is -0.0769. The largest absolute Gasteiger partial charge is 0.493 e. The molecule has 1 aliphatic carbocycles. The Morgan fingerprint density at radius 1 is 0.929 bits per heavy atom. The summed E-state index contributed by atoms with van der Waals surface area (Å²) in [4.78, 5) is 11.1. The SMILES string of the molecule is O=Cc1cccc2c(C(F)(F)F)c(OCC3CCC(C(F)(F)F)CC3)ccc12. The van der Waals surface area contributed by atoms with E-state index in [1.54, 1.807) is 0 Å². The molecule has 28 heavy (non-hydrogen) atoms. The van der Waals surface area contributed by atoms with Crippen LogP contribution in [-0.4, -0.2) is 19.1 Å². The van der Waals surface area contributed by atoms with Crippen LogP contribution in [-0.2, 0) is 6.18 Å². The highest BCUT2D eigenvalue weighted by Gasteiger charge is 2.42. The van der Waals surface area contributed by atoms with Gasteiger partial charge in [0, 0.05) is 5.56 Å². The van der Waals surface area contributed by atoms with Crippen LogP contribution in [0.4, 0.5) is 26.3 Å². The molecule has 0 radical (unpaired) electrons. The number of benzene rings is 2. The molecule has 1 saturated carbocycles. The molecule has 0 bridgehead atoms. The molecule has 0 saturated heterocycles. The van der Waals surface area contributed by atoms with Gasteiger partial charge in [-0.2, -0.15) is 26.3 Å². The lowest BCUT2D eigenvalue weighted by Gasteiger charge is -2.30. The molecule has 0 N–H and O–H groups in total. The molecule has 0 aromatic heterocycles. The monoisotopic (exact) mass is 404 g/mol. The lowest BCUT2D eigenvalue weighted by atomic mass is 9.82. The van der Waals surface area contributed by atoms with Crippen molar-refractivity contribution in [2.24, 2.45) is 11.8 Å². The first-order chi connectivity index (χ1) is 13.1. The molecule has 0 atom stereocenters. The minimum absolute atomic E-state index is 0.0376. The fourth-order valence-electron chi connectivity index (χ4n) is 3.74. The fourth-order valence-corrected chi connectivity index (χ4v) is 3.74. The molecule has 1 aliphatic rings. The normalized spacial score (nSPS) is 20.9. The van der Waals surface area contributed by atoms with Gasteiger partial charge in [0.15, 0.2) is 6.29 Å². The summed E-state index contributed by atoms with van der Waals surface area (Å²) in [6, 6.07) is 6.62. The van der Waals surface area contributed by atoms with Crippen LogP contribution in [0.3, 0.4) is 0 Å². The van der Waals surface area contributed by atoms with Gasteiger partial charge in [0.05, 0.1) is 12.5 Å². The highest BCUT2D eigenvalue weighted by Crippen LogP contribution is 2.43. The fraction of sp³-hybridized carbons (Fsp3) is 0.450. The molecule has 152 valence electrons. The second-order valence-electron chi connectivity index (χ2n) is 7.07. The highest BCUT2D eigenvalue weighted by atomic mass is 19.4. The number of alkyl halides is 6. The number of rotatable bonds is 4. The first-order valence-electron chi connectivity index (χ1n) is 8.89. The van der Waals surface area contributed by atoms with Crippen molar-refractivity contribution in [3.8, 4) is 5.75 Å². The summed E-state index contributed by atoms with van der Waals surface area (Å²) in [7, 11) is 0. The van der Waals surface area contributed by atoms with Crippen LogP contribution in [0.25, 0.3) is 10.8 Å². The maximum Gasteiger partial charge on any atom is 0.420 e. The van der Waals surface area contributed by atoms with Crippen molar-refractivity contribution in [1.82, 2.24) is 0 Å². The Kier molecular flexibility index (Phi) is 5.59. The molecular formula is C20H18F6O2. The standard InChI is InChI=1S/C20H18F6O2/c21-19(22,23)14-6-4-12(5-7-14)11-28-17-9-8-15-13(10-27)2-1-3-16(15)18(17)20(24,25)26/h1-3,8-10,12,14H,4-7,11H2. The first kappa shape index (κ1) is 20.5. The summed E-state index contributed by atoms with van der Waals surface area (Å²) < 4.78 is 84.6. The summed E-state index contributed by atoms with van der Waals surface area (Å²) >= 11 is 0. The van der Waals surface area contributed by atoms with Crippen molar-refractivity contribution in [2.75, 3.05) is 6.61 Å². The van der Waals surface area contributed by atoms with Crippen LogP contribution in [0.1, 0.15) is 41.6 Å². The highest BCUT2D eigenvalue weighted by molar-refractivity contribution is 6.00. The average Bonchev–Trinajstić information content (AvgIpc) is 2.64. The van der Waals surface area contributed by atoms with Crippen LogP contribution < -0.4 is 4.74 Å². The summed E-state index contributed by atoms with van der Waals surface area (Å²) in [5.41, 5.74) is -0.835. The van der Waals surface area contributed by atoms with E-state index in [0.29, 0.717) is 6.29 Å². The molecular weight excluding hydrogens is 386 g/mol. The summed E-state index contributed by atoms with van der Waals surface area (Å²) in [5, 5.41) is 0.0261. The molecule has 3 rings (SSSR count). The topological polar surface area (TPSA) is 26.3 Å². The Bertz CT molecular complexity index is 848. The minimum atomic E-state index is -4.70. The van der Waals surface area contributed by atoms with Gasteiger partial charge in [-0.15, -0.1) is 0 Å². The second-order valence-corrected chi connectivity index (χ2v) is 7.07. The molecule has 8 heteroatoms. The quantitative estimate of drug-likeness (QED) is 0.434. The van der Waals surface area contributed by atoms with Gasteiger partial charge in [-0.3, -0.25) is 4.79 Å². The number of halogens is 6. The smallest absolute Gasteiger partial charge is 0.420 e. The van der Waals surface area contributed by atoms with E-state index in [9.17, 15) is 31.1 Å². The Labute approximate surface area is 157 Å². The zero-order valence-electron chi connectivity index (χ0n) is 14.7. The molecule has 0 unspecified atom stereocenters. The zero-order chi connectivity index (χ0) is 20.5. The molecule has 2 aromatic carbocycles. The number of hydrogen-bond donors (Lipinski definition) is 0. The van der Waals surface area contributed by atoms with Gasteiger partial charge in [-0.05, 0) is 54.5 Å². The van der Waals surface area contributed by atoms with E-state index in [4.69, 9.17) is 4.74 Å². The predicted molar refractivity (Wildman–Crippen MR) is 91.3 cm³/mol. The maximum atomic E-state index is 13.7. The predicted octanol–water partition coefficient (Wildman–Crippen LogP) is 6.42. The second kappa shape index (κ2) is 7.64. The van der Waals surface area contributed by atoms with Crippen molar-refractivity contribution < 1.29 is 35.9 Å². The molecule has 0 spiro atoms. The molecule has 2 nitrogen and oxygen atoms in total. The van der Waals surface area contributed by atoms with E-state index in [1.807, 2.05) is 0 Å². The Balaban J connectivity index is 1.81. The Morgan fingerprint density at radius 2 is 1.61 bits per heavy atom. The number of carbonyl (C=O) groups excluding carboxylic acids is 1.